The normalized spacial score (nSPS) is 15.0. The summed E-state index contributed by atoms with van der Waals surface area (Å²) < 4.78 is 231. The van der Waals surface area contributed by atoms with Gasteiger partial charge in [-0.3, -0.25) is 0 Å². The Bertz CT molecular complexity index is 1020. The zero-order valence-corrected chi connectivity index (χ0v) is 17.3. The molecule has 0 atom stereocenters. The van der Waals surface area contributed by atoms with Gasteiger partial charge in [0.05, 0.1) is 0 Å². The Morgan fingerprint density at radius 1 is 0.595 bits per heavy atom. The number of carbonyl (C=O) groups excluding carboxylic acids is 1. The van der Waals surface area contributed by atoms with Crippen LogP contribution in [0.25, 0.3) is 0 Å². The van der Waals surface area contributed by atoms with Gasteiger partial charge in [-0.2, -0.15) is 74.6 Å². The minimum Gasteiger partial charge on any atom is -0.423 e. The van der Waals surface area contributed by atoms with Crippen molar-refractivity contribution in [1.29, 1.82) is 0 Å². The van der Waals surface area contributed by atoms with E-state index in [1.807, 2.05) is 0 Å². The summed E-state index contributed by atoms with van der Waals surface area (Å²) in [6.45, 7) is 4.15. The van der Waals surface area contributed by atoms with Crippen LogP contribution in [0.3, 0.4) is 0 Å². The molecule has 0 saturated heterocycles. The Kier molecular flexibility index (Phi) is 7.78. The average Bonchev–Trinajstić information content (AvgIpc) is 2.72. The summed E-state index contributed by atoms with van der Waals surface area (Å²) in [6, 6.07) is -0.256. The molecule has 0 unspecified atom stereocenters. The first-order valence-electron chi connectivity index (χ1n) is 8.75. The molecule has 1 aromatic carbocycles. The van der Waals surface area contributed by atoms with E-state index in [4.69, 9.17) is 0 Å². The van der Waals surface area contributed by atoms with Crippen molar-refractivity contribution >= 4 is 5.97 Å². The molecule has 0 aromatic heterocycles. The largest absolute Gasteiger partial charge is 0.460 e. The third kappa shape index (κ3) is 4.57. The van der Waals surface area contributed by atoms with Crippen molar-refractivity contribution in [2.24, 2.45) is 0 Å². The number of alkyl halides is 17. The average molecular weight is 580 g/mol. The summed E-state index contributed by atoms with van der Waals surface area (Å²) in [7, 11) is 0. The van der Waals surface area contributed by atoms with Crippen LogP contribution in [0.1, 0.15) is 12.5 Å². The second kappa shape index (κ2) is 8.92. The smallest absolute Gasteiger partial charge is 0.423 e. The van der Waals surface area contributed by atoms with Crippen LogP contribution in [-0.2, 0) is 10.7 Å². The monoisotopic (exact) mass is 580 g/mol. The van der Waals surface area contributed by atoms with E-state index in [0.29, 0.717) is 0 Å². The molecule has 0 aliphatic carbocycles. The van der Waals surface area contributed by atoms with E-state index in [-0.39, 0.29) is 29.8 Å². The van der Waals surface area contributed by atoms with E-state index >= 15 is 0 Å². The lowest BCUT2D eigenvalue weighted by Gasteiger charge is -2.42. The maximum absolute atomic E-state index is 14.1. The van der Waals surface area contributed by atoms with E-state index in [0.717, 1.165) is 6.92 Å². The zero-order chi connectivity index (χ0) is 29.8. The quantitative estimate of drug-likeness (QED) is 0.130. The molecular formula is C18H9F17O2. The van der Waals surface area contributed by atoms with Crippen LogP contribution in [0.2, 0.25) is 0 Å². The maximum atomic E-state index is 14.1. The van der Waals surface area contributed by atoms with Gasteiger partial charge in [0.25, 0.3) is 0 Å². The van der Waals surface area contributed by atoms with Crippen LogP contribution < -0.4 is 4.74 Å². The lowest BCUT2D eigenvalue weighted by atomic mass is 9.87. The molecule has 0 amide bonds. The molecule has 0 bridgehead atoms. The van der Waals surface area contributed by atoms with Crippen LogP contribution in [-0.4, -0.2) is 47.7 Å². The van der Waals surface area contributed by atoms with E-state index in [9.17, 15) is 79.4 Å². The van der Waals surface area contributed by atoms with Gasteiger partial charge in [0.2, 0.25) is 0 Å². The molecule has 0 radical (unpaired) electrons. The van der Waals surface area contributed by atoms with Gasteiger partial charge in [0.15, 0.2) is 0 Å². The highest BCUT2D eigenvalue weighted by Gasteiger charge is 2.95. The standard InChI is InChI=1S/C18H9F17O2/c1-7(2)10(36)37-9-5-3-8(4-6-9)11(19,20)12(21,22)13(23,24)14(25,26)15(27,28)16(29,30)17(31,32)18(33,34)35/h3-6H,1H2,2H3. The van der Waals surface area contributed by atoms with Gasteiger partial charge in [-0.05, 0) is 31.2 Å². The molecule has 0 saturated carbocycles. The molecule has 1 rings (SSSR count). The predicted molar refractivity (Wildman–Crippen MR) is 86.5 cm³/mol. The lowest BCUT2D eigenvalue weighted by molar-refractivity contribution is -0.462. The Balaban J connectivity index is 3.60. The highest BCUT2D eigenvalue weighted by molar-refractivity contribution is 5.88. The fourth-order valence-electron chi connectivity index (χ4n) is 2.27. The summed E-state index contributed by atoms with van der Waals surface area (Å²) in [5.41, 5.74) is -2.73. The maximum Gasteiger partial charge on any atom is 0.460 e. The molecular weight excluding hydrogens is 571 g/mol. The van der Waals surface area contributed by atoms with E-state index in [1.54, 1.807) is 0 Å². The number of hydrogen-bond donors (Lipinski definition) is 0. The summed E-state index contributed by atoms with van der Waals surface area (Å²) in [5.74, 6) is -59.1. The molecule has 0 fully saturated rings. The van der Waals surface area contributed by atoms with Crippen LogP contribution >= 0.6 is 0 Å². The van der Waals surface area contributed by atoms with Gasteiger partial charge in [0.1, 0.15) is 5.75 Å². The predicted octanol–water partition coefficient (Wildman–Crippen LogP) is 7.63. The summed E-state index contributed by atoms with van der Waals surface area (Å²) in [4.78, 5) is 11.3. The topological polar surface area (TPSA) is 26.3 Å². The minimum absolute atomic E-state index is 0.170. The second-order valence-electron chi connectivity index (χ2n) is 7.21. The van der Waals surface area contributed by atoms with Crippen LogP contribution in [0.5, 0.6) is 5.75 Å². The molecule has 0 aliphatic heterocycles. The number of rotatable bonds is 9. The SMILES string of the molecule is C=C(C)C(=O)Oc1ccc(C(F)(F)C(F)(F)C(F)(F)C(F)(F)C(F)(F)C(F)(F)C(F)(F)C(F)(F)F)cc1. The Labute approximate surface area is 193 Å². The van der Waals surface area contributed by atoms with Crippen molar-refractivity contribution in [1.82, 2.24) is 0 Å². The van der Waals surface area contributed by atoms with Crippen molar-refractivity contribution in [3.05, 3.63) is 42.0 Å². The summed E-state index contributed by atoms with van der Waals surface area (Å²) in [5, 5.41) is 0. The number of ether oxygens (including phenoxy) is 1. The molecule has 212 valence electrons. The van der Waals surface area contributed by atoms with Gasteiger partial charge in [-0.1, -0.05) is 6.58 Å². The van der Waals surface area contributed by atoms with E-state index in [2.05, 4.69) is 11.3 Å². The fourth-order valence-corrected chi connectivity index (χ4v) is 2.27. The number of benzene rings is 1. The fraction of sp³-hybridized carbons (Fsp3) is 0.500. The Morgan fingerprint density at radius 3 is 1.24 bits per heavy atom. The second-order valence-corrected chi connectivity index (χ2v) is 7.21. The van der Waals surface area contributed by atoms with Crippen molar-refractivity contribution in [3.63, 3.8) is 0 Å². The minimum atomic E-state index is -8.69. The summed E-state index contributed by atoms with van der Waals surface area (Å²) >= 11 is 0. The Morgan fingerprint density at radius 2 is 0.919 bits per heavy atom. The lowest BCUT2D eigenvalue weighted by Crippen LogP contribution is -2.74. The van der Waals surface area contributed by atoms with Crippen molar-refractivity contribution in [2.45, 2.75) is 54.6 Å². The molecule has 0 spiro atoms. The van der Waals surface area contributed by atoms with Crippen molar-refractivity contribution < 1.29 is 84.2 Å². The number of halogens is 17. The van der Waals surface area contributed by atoms with Gasteiger partial charge in [-0.15, -0.1) is 0 Å². The van der Waals surface area contributed by atoms with Gasteiger partial charge in [-0.25, -0.2) is 4.79 Å². The van der Waals surface area contributed by atoms with Gasteiger partial charge < -0.3 is 4.74 Å². The first kappa shape index (κ1) is 32.3. The third-order valence-electron chi connectivity index (χ3n) is 4.50. The number of esters is 1. The molecule has 2 nitrogen and oxygen atoms in total. The number of hydrogen-bond acceptors (Lipinski definition) is 2. The van der Waals surface area contributed by atoms with E-state index < -0.39 is 64.9 Å². The van der Waals surface area contributed by atoms with Gasteiger partial charge >= 0.3 is 53.6 Å². The molecule has 19 heteroatoms. The van der Waals surface area contributed by atoms with Crippen LogP contribution in [0, 0.1) is 0 Å². The zero-order valence-electron chi connectivity index (χ0n) is 17.3. The van der Waals surface area contributed by atoms with Crippen LogP contribution in [0.15, 0.2) is 36.4 Å². The van der Waals surface area contributed by atoms with Crippen LogP contribution in [0.4, 0.5) is 74.6 Å². The first-order chi connectivity index (χ1) is 16.1. The number of carbonyl (C=O) groups is 1. The van der Waals surface area contributed by atoms with E-state index in [1.165, 1.54) is 0 Å². The summed E-state index contributed by atoms with van der Waals surface area (Å²) in [6.07, 6.45) is -7.81. The Hall–Kier alpha value is -2.76. The molecule has 0 N–H and O–H groups in total. The third-order valence-corrected chi connectivity index (χ3v) is 4.50. The van der Waals surface area contributed by atoms with Crippen molar-refractivity contribution in [2.75, 3.05) is 0 Å². The molecule has 0 heterocycles. The highest BCUT2D eigenvalue weighted by atomic mass is 19.4. The van der Waals surface area contributed by atoms with Crippen molar-refractivity contribution in [3.8, 4) is 5.75 Å². The molecule has 37 heavy (non-hydrogen) atoms. The first-order valence-corrected chi connectivity index (χ1v) is 8.75. The molecule has 0 aliphatic rings. The highest BCUT2D eigenvalue weighted by Crippen LogP contribution is 2.65. The molecule has 1 aromatic rings. The van der Waals surface area contributed by atoms with Gasteiger partial charge in [0, 0.05) is 11.1 Å².